The van der Waals surface area contributed by atoms with Gasteiger partial charge in [0.15, 0.2) is 6.61 Å². The molecular formula is C21H24N2O3S. The fourth-order valence-corrected chi connectivity index (χ4v) is 4.31. The van der Waals surface area contributed by atoms with E-state index >= 15 is 0 Å². The van der Waals surface area contributed by atoms with Gasteiger partial charge in [0.1, 0.15) is 5.03 Å². The van der Waals surface area contributed by atoms with Crippen molar-refractivity contribution in [1.29, 1.82) is 0 Å². The van der Waals surface area contributed by atoms with Gasteiger partial charge >= 0.3 is 5.97 Å². The van der Waals surface area contributed by atoms with Crippen LogP contribution in [-0.4, -0.2) is 40.5 Å². The van der Waals surface area contributed by atoms with Gasteiger partial charge < -0.3 is 9.64 Å². The van der Waals surface area contributed by atoms with E-state index in [0.29, 0.717) is 10.6 Å². The molecule has 1 aliphatic rings. The van der Waals surface area contributed by atoms with Crippen molar-refractivity contribution >= 4 is 23.6 Å². The third kappa shape index (κ3) is 4.89. The maximum atomic E-state index is 12.6. The number of ether oxygens (including phenoxy) is 1. The Kier molecular flexibility index (Phi) is 6.50. The van der Waals surface area contributed by atoms with E-state index < -0.39 is 5.97 Å². The summed E-state index contributed by atoms with van der Waals surface area (Å²) in [6.07, 6.45) is 4.75. The maximum Gasteiger partial charge on any atom is 0.341 e. The van der Waals surface area contributed by atoms with Crippen molar-refractivity contribution < 1.29 is 14.3 Å². The molecule has 0 N–H and O–H groups in total. The van der Waals surface area contributed by atoms with Crippen molar-refractivity contribution in [2.75, 3.05) is 6.61 Å². The van der Waals surface area contributed by atoms with Crippen LogP contribution in [0, 0.1) is 0 Å². The van der Waals surface area contributed by atoms with E-state index in [2.05, 4.69) is 4.98 Å². The molecule has 3 rings (SSSR count). The molecule has 27 heavy (non-hydrogen) atoms. The first-order chi connectivity index (χ1) is 13.1. The third-order valence-electron chi connectivity index (χ3n) is 4.76. The van der Waals surface area contributed by atoms with Gasteiger partial charge in [-0.05, 0) is 57.4 Å². The number of carbonyl (C=O) groups is 2. The molecule has 1 aromatic carbocycles. The fourth-order valence-electron chi connectivity index (χ4n) is 3.42. The van der Waals surface area contributed by atoms with Gasteiger partial charge in [-0.3, -0.25) is 4.79 Å². The lowest BCUT2D eigenvalue weighted by molar-refractivity contribution is -0.140. The van der Waals surface area contributed by atoms with Gasteiger partial charge in [0.25, 0.3) is 5.91 Å². The second-order valence-electron chi connectivity index (χ2n) is 6.78. The summed E-state index contributed by atoms with van der Waals surface area (Å²) in [5, 5.41) is 0.570. The molecule has 0 spiro atoms. The molecule has 142 valence electrons. The first-order valence-corrected chi connectivity index (χ1v) is 10.0. The quantitative estimate of drug-likeness (QED) is 0.724. The van der Waals surface area contributed by atoms with E-state index in [9.17, 15) is 9.59 Å². The highest BCUT2D eigenvalue weighted by atomic mass is 32.2. The SMILES string of the molecule is CC1CCCC(C)N1C(=O)COC(=O)c1cccnc1Sc1ccccc1. The van der Waals surface area contributed by atoms with E-state index in [1.807, 2.05) is 49.1 Å². The molecule has 1 fully saturated rings. The molecule has 0 aliphatic carbocycles. The van der Waals surface area contributed by atoms with Crippen molar-refractivity contribution in [2.45, 2.75) is 55.1 Å². The Bertz CT molecular complexity index is 787. The minimum Gasteiger partial charge on any atom is -0.452 e. The van der Waals surface area contributed by atoms with E-state index in [4.69, 9.17) is 4.74 Å². The van der Waals surface area contributed by atoms with Crippen LogP contribution in [-0.2, 0) is 9.53 Å². The molecular weight excluding hydrogens is 360 g/mol. The zero-order valence-electron chi connectivity index (χ0n) is 15.6. The molecule has 0 bridgehead atoms. The molecule has 1 aliphatic heterocycles. The molecule has 2 unspecified atom stereocenters. The Labute approximate surface area is 164 Å². The molecule has 2 atom stereocenters. The van der Waals surface area contributed by atoms with Gasteiger partial charge in [-0.25, -0.2) is 9.78 Å². The van der Waals surface area contributed by atoms with E-state index in [0.717, 1.165) is 24.2 Å². The van der Waals surface area contributed by atoms with Crippen LogP contribution in [0.15, 0.2) is 58.6 Å². The largest absolute Gasteiger partial charge is 0.452 e. The Morgan fingerprint density at radius 3 is 2.52 bits per heavy atom. The summed E-state index contributed by atoms with van der Waals surface area (Å²) in [6.45, 7) is 3.86. The number of aromatic nitrogens is 1. The summed E-state index contributed by atoms with van der Waals surface area (Å²) in [7, 11) is 0. The minimum atomic E-state index is -0.521. The van der Waals surface area contributed by atoms with Gasteiger partial charge in [-0.2, -0.15) is 0 Å². The molecule has 2 aromatic rings. The molecule has 1 saturated heterocycles. The maximum absolute atomic E-state index is 12.6. The number of benzene rings is 1. The smallest absolute Gasteiger partial charge is 0.341 e. The van der Waals surface area contributed by atoms with Crippen LogP contribution >= 0.6 is 11.8 Å². The van der Waals surface area contributed by atoms with Crippen molar-refractivity contribution in [1.82, 2.24) is 9.88 Å². The van der Waals surface area contributed by atoms with Crippen LogP contribution in [0.25, 0.3) is 0 Å². The zero-order chi connectivity index (χ0) is 19.2. The summed E-state index contributed by atoms with van der Waals surface area (Å²) in [5.74, 6) is -0.656. The lowest BCUT2D eigenvalue weighted by Crippen LogP contribution is -2.49. The van der Waals surface area contributed by atoms with Crippen LogP contribution in [0.3, 0.4) is 0 Å². The monoisotopic (exact) mass is 384 g/mol. The summed E-state index contributed by atoms with van der Waals surface area (Å²) in [6, 6.07) is 13.5. The van der Waals surface area contributed by atoms with Crippen LogP contribution in [0.5, 0.6) is 0 Å². The number of hydrogen-bond donors (Lipinski definition) is 0. The zero-order valence-corrected chi connectivity index (χ0v) is 16.4. The minimum absolute atomic E-state index is 0.135. The molecule has 0 radical (unpaired) electrons. The molecule has 1 amide bonds. The number of likely N-dealkylation sites (tertiary alicyclic amines) is 1. The van der Waals surface area contributed by atoms with Gasteiger partial charge in [0.2, 0.25) is 0 Å². The number of carbonyl (C=O) groups excluding carboxylic acids is 2. The Morgan fingerprint density at radius 1 is 1.11 bits per heavy atom. The van der Waals surface area contributed by atoms with E-state index in [1.165, 1.54) is 11.8 Å². The molecule has 0 saturated carbocycles. The number of pyridine rings is 1. The summed E-state index contributed by atoms with van der Waals surface area (Å²) in [5.41, 5.74) is 0.374. The average molecular weight is 385 g/mol. The number of amides is 1. The predicted molar refractivity (Wildman–Crippen MR) is 105 cm³/mol. The van der Waals surface area contributed by atoms with Gasteiger partial charge in [-0.15, -0.1) is 0 Å². The second kappa shape index (κ2) is 9.04. The van der Waals surface area contributed by atoms with Crippen LogP contribution < -0.4 is 0 Å². The highest BCUT2D eigenvalue weighted by Crippen LogP contribution is 2.29. The summed E-state index contributed by atoms with van der Waals surface area (Å²) >= 11 is 1.40. The predicted octanol–water partition coefficient (Wildman–Crippen LogP) is 4.18. The number of piperidine rings is 1. The summed E-state index contributed by atoms with van der Waals surface area (Å²) in [4.78, 5) is 32.3. The van der Waals surface area contributed by atoms with Crippen molar-refractivity contribution in [3.8, 4) is 0 Å². The van der Waals surface area contributed by atoms with E-state index in [-0.39, 0.29) is 24.6 Å². The highest BCUT2D eigenvalue weighted by Gasteiger charge is 2.29. The average Bonchev–Trinajstić information content (AvgIpc) is 2.67. The van der Waals surface area contributed by atoms with Crippen LogP contribution in [0.2, 0.25) is 0 Å². The lowest BCUT2D eigenvalue weighted by atomic mass is 9.97. The Balaban J connectivity index is 1.65. The molecule has 6 heteroatoms. The van der Waals surface area contributed by atoms with Gasteiger partial charge in [-0.1, -0.05) is 30.0 Å². The second-order valence-corrected chi connectivity index (χ2v) is 7.84. The Morgan fingerprint density at radius 2 is 1.81 bits per heavy atom. The van der Waals surface area contributed by atoms with Crippen LogP contribution in [0.1, 0.15) is 43.5 Å². The third-order valence-corrected chi connectivity index (χ3v) is 5.78. The standard InChI is InChI=1S/C21H24N2O3S/c1-15-8-6-9-16(2)23(15)19(24)14-26-21(25)18-12-7-13-22-20(18)27-17-10-4-3-5-11-17/h3-5,7,10-13,15-16H,6,8-9,14H2,1-2H3. The van der Waals surface area contributed by atoms with Crippen molar-refractivity contribution in [3.05, 3.63) is 54.2 Å². The number of esters is 1. The first kappa shape index (κ1) is 19.4. The normalized spacial score (nSPS) is 19.6. The topological polar surface area (TPSA) is 59.5 Å². The number of rotatable bonds is 5. The summed E-state index contributed by atoms with van der Waals surface area (Å²) < 4.78 is 5.33. The van der Waals surface area contributed by atoms with Gasteiger partial charge in [0, 0.05) is 23.2 Å². The van der Waals surface area contributed by atoms with Crippen LogP contribution in [0.4, 0.5) is 0 Å². The van der Waals surface area contributed by atoms with Crippen molar-refractivity contribution in [3.63, 3.8) is 0 Å². The molecule has 1 aromatic heterocycles. The molecule has 2 heterocycles. The lowest BCUT2D eigenvalue weighted by Gasteiger charge is -2.38. The van der Waals surface area contributed by atoms with Gasteiger partial charge in [0.05, 0.1) is 5.56 Å². The number of hydrogen-bond acceptors (Lipinski definition) is 5. The molecule has 5 nitrogen and oxygen atoms in total. The highest BCUT2D eigenvalue weighted by molar-refractivity contribution is 7.99. The Hall–Kier alpha value is -2.34. The van der Waals surface area contributed by atoms with Crippen molar-refractivity contribution in [2.24, 2.45) is 0 Å². The number of nitrogens with zero attached hydrogens (tertiary/aromatic N) is 2. The first-order valence-electron chi connectivity index (χ1n) is 9.22. The fraction of sp³-hybridized carbons (Fsp3) is 0.381. The van der Waals surface area contributed by atoms with E-state index in [1.54, 1.807) is 18.3 Å².